The summed E-state index contributed by atoms with van der Waals surface area (Å²) in [6.07, 6.45) is 0.907. The topological polar surface area (TPSA) is 185 Å². The fourth-order valence-electron chi connectivity index (χ4n) is 4.08. The third-order valence-electron chi connectivity index (χ3n) is 5.89. The number of hydrogen-bond acceptors (Lipinski definition) is 11. The Bertz CT molecular complexity index is 1490. The van der Waals surface area contributed by atoms with Gasteiger partial charge < -0.3 is 25.2 Å². The van der Waals surface area contributed by atoms with Crippen molar-refractivity contribution in [1.29, 1.82) is 0 Å². The number of imidazole rings is 1. The maximum Gasteiger partial charge on any atom is 0.249 e. The summed E-state index contributed by atoms with van der Waals surface area (Å²) in [5.74, 6) is 0.544. The first-order valence-corrected chi connectivity index (χ1v) is 12.5. The lowest BCUT2D eigenvalue weighted by Gasteiger charge is -2.17. The number of carbonyl (C=O) groups is 1. The molecule has 0 radical (unpaired) electrons. The van der Waals surface area contributed by atoms with E-state index in [1.54, 1.807) is 24.4 Å². The van der Waals surface area contributed by atoms with E-state index < -0.39 is 30.4 Å². The van der Waals surface area contributed by atoms with Crippen molar-refractivity contribution in [2.75, 3.05) is 12.4 Å². The fraction of sp³-hybridized carbons (Fsp3) is 0.318. The van der Waals surface area contributed by atoms with Crippen LogP contribution in [0.4, 0.5) is 5.82 Å². The van der Waals surface area contributed by atoms with E-state index in [0.717, 1.165) is 10.4 Å². The Kier molecular flexibility index (Phi) is 7.53. The third kappa shape index (κ3) is 5.05. The van der Waals surface area contributed by atoms with Crippen LogP contribution in [0.15, 0.2) is 48.2 Å². The zero-order valence-electron chi connectivity index (χ0n) is 19.8. The van der Waals surface area contributed by atoms with Crippen LogP contribution in [0.3, 0.4) is 0 Å². The molecule has 4 aromatic rings. The molecule has 1 aliphatic rings. The van der Waals surface area contributed by atoms with Gasteiger partial charge in [-0.2, -0.15) is 0 Å². The molecule has 1 aromatic carbocycles. The molecule has 0 aliphatic carbocycles. The van der Waals surface area contributed by atoms with Gasteiger partial charge in [0.05, 0.1) is 11.2 Å². The SMILES string of the molecule is CNC(=O)[C@H]1O[C@@H](n2cnc3c(NCc4cc(Cl)ccc4OCc4ccns4)ncnc32)[C@H](O)[C@@H]1N=[N+]=[N-]. The molecule has 5 rings (SSSR count). The lowest BCUT2D eigenvalue weighted by atomic mass is 10.1. The minimum atomic E-state index is -1.32. The van der Waals surface area contributed by atoms with Crippen molar-refractivity contribution in [3.63, 3.8) is 0 Å². The molecule has 16 heteroatoms. The largest absolute Gasteiger partial charge is 0.488 e. The van der Waals surface area contributed by atoms with Gasteiger partial charge in [0.1, 0.15) is 36.9 Å². The second-order valence-corrected chi connectivity index (χ2v) is 9.52. The number of amides is 1. The maximum absolute atomic E-state index is 12.2. The Hall–Kier alpha value is -4.01. The first-order chi connectivity index (χ1) is 18.5. The Morgan fingerprint density at radius 3 is 3.00 bits per heavy atom. The molecule has 4 atom stereocenters. The van der Waals surface area contributed by atoms with Crippen LogP contribution < -0.4 is 15.4 Å². The van der Waals surface area contributed by atoms with Crippen molar-refractivity contribution < 1.29 is 19.4 Å². The average Bonchev–Trinajstić information content (AvgIpc) is 3.67. The van der Waals surface area contributed by atoms with Crippen molar-refractivity contribution >= 4 is 46.0 Å². The van der Waals surface area contributed by atoms with Crippen LogP contribution >= 0.6 is 23.1 Å². The normalized spacial score (nSPS) is 20.7. The van der Waals surface area contributed by atoms with Crippen molar-refractivity contribution in [1.82, 2.24) is 29.2 Å². The van der Waals surface area contributed by atoms with Gasteiger partial charge in [-0.1, -0.05) is 16.7 Å². The molecule has 1 amide bonds. The number of halogens is 1. The van der Waals surface area contributed by atoms with Crippen molar-refractivity contribution in [2.45, 2.75) is 37.6 Å². The molecular weight excluding hydrogens is 536 g/mol. The van der Waals surface area contributed by atoms with E-state index in [1.807, 2.05) is 6.07 Å². The summed E-state index contributed by atoms with van der Waals surface area (Å²) >= 11 is 7.60. The highest BCUT2D eigenvalue weighted by molar-refractivity contribution is 7.05. The molecule has 14 nitrogen and oxygen atoms in total. The van der Waals surface area contributed by atoms with Crippen LogP contribution in [0.1, 0.15) is 16.7 Å². The number of rotatable bonds is 9. The highest BCUT2D eigenvalue weighted by atomic mass is 35.5. The lowest BCUT2D eigenvalue weighted by molar-refractivity contribution is -0.134. The van der Waals surface area contributed by atoms with Gasteiger partial charge in [0.2, 0.25) is 5.91 Å². The number of aliphatic hydroxyl groups excluding tert-OH is 1. The molecule has 3 aromatic heterocycles. The zero-order chi connectivity index (χ0) is 26.6. The van der Waals surface area contributed by atoms with E-state index in [9.17, 15) is 9.90 Å². The minimum absolute atomic E-state index is 0.317. The number of azide groups is 1. The summed E-state index contributed by atoms with van der Waals surface area (Å²) in [5, 5.41) is 20.6. The number of nitrogens with zero attached hydrogens (tertiary/aromatic N) is 8. The first kappa shape index (κ1) is 25.6. The Balaban J connectivity index is 1.38. The third-order valence-corrected chi connectivity index (χ3v) is 6.84. The molecule has 38 heavy (non-hydrogen) atoms. The molecule has 0 bridgehead atoms. The molecule has 1 saturated heterocycles. The molecule has 0 saturated carbocycles. The van der Waals surface area contributed by atoms with Gasteiger partial charge in [-0.25, -0.2) is 19.3 Å². The molecule has 0 unspecified atom stereocenters. The summed E-state index contributed by atoms with van der Waals surface area (Å²) in [4.78, 5) is 29.0. The average molecular weight is 557 g/mol. The summed E-state index contributed by atoms with van der Waals surface area (Å²) in [6, 6.07) is 6.11. The van der Waals surface area contributed by atoms with Gasteiger partial charge >= 0.3 is 0 Å². The number of benzene rings is 1. The first-order valence-electron chi connectivity index (χ1n) is 11.3. The summed E-state index contributed by atoms with van der Waals surface area (Å²) in [5.41, 5.74) is 10.5. The second kappa shape index (κ2) is 11.2. The van der Waals surface area contributed by atoms with Gasteiger partial charge in [0, 0.05) is 35.3 Å². The summed E-state index contributed by atoms with van der Waals surface area (Å²) < 4.78 is 17.3. The molecule has 3 N–H and O–H groups in total. The van der Waals surface area contributed by atoms with Gasteiger partial charge in [-0.05, 0) is 41.3 Å². The number of likely N-dealkylation sites (N-methyl/N-ethyl adjacent to an activating group) is 1. The fourth-order valence-corrected chi connectivity index (χ4v) is 4.76. The standard InChI is InChI=1S/C22H21ClN10O4S/c1-25-21(35)18-15(31-32-24)17(34)22(37-18)33-10-29-16-19(27-9-28-20(16)33)26-7-11-6-12(23)2-3-14(11)36-8-13-4-5-30-38-13/h2-6,9-10,15,17-18,22,34H,7-8H2,1H3,(H,25,35)(H,26,27,28)/t15-,17+,18-,22+/m0/s1. The Morgan fingerprint density at radius 2 is 2.24 bits per heavy atom. The second-order valence-electron chi connectivity index (χ2n) is 8.17. The smallest absolute Gasteiger partial charge is 0.249 e. The number of anilines is 1. The van der Waals surface area contributed by atoms with Crippen LogP contribution in [-0.2, 0) is 22.7 Å². The van der Waals surface area contributed by atoms with E-state index in [4.69, 9.17) is 26.6 Å². The number of hydrogen-bond donors (Lipinski definition) is 3. The van der Waals surface area contributed by atoms with Gasteiger partial charge in [-0.15, -0.1) is 0 Å². The van der Waals surface area contributed by atoms with Crippen molar-refractivity contribution in [2.24, 2.45) is 5.11 Å². The number of aliphatic hydroxyl groups is 1. The highest BCUT2D eigenvalue weighted by Crippen LogP contribution is 2.34. The number of ether oxygens (including phenoxy) is 2. The predicted octanol–water partition coefficient (Wildman–Crippen LogP) is 2.81. The highest BCUT2D eigenvalue weighted by Gasteiger charge is 2.48. The molecule has 1 aliphatic heterocycles. The molecular formula is C22H21ClN10O4S. The molecule has 0 spiro atoms. The number of aromatic nitrogens is 5. The van der Waals surface area contributed by atoms with Crippen molar-refractivity contribution in [3.8, 4) is 5.75 Å². The van der Waals surface area contributed by atoms with Crippen molar-refractivity contribution in [3.05, 3.63) is 69.0 Å². The maximum atomic E-state index is 12.2. The van der Waals surface area contributed by atoms with E-state index >= 15 is 0 Å². The molecule has 1 fully saturated rings. The monoisotopic (exact) mass is 556 g/mol. The molecule has 196 valence electrons. The number of fused-ring (bicyclic) bond motifs is 1. The van der Waals surface area contributed by atoms with Crippen LogP contribution in [0.25, 0.3) is 21.6 Å². The lowest BCUT2D eigenvalue weighted by Crippen LogP contribution is -2.40. The van der Waals surface area contributed by atoms with E-state index in [-0.39, 0.29) is 0 Å². The van der Waals surface area contributed by atoms with Crippen LogP contribution in [0.2, 0.25) is 5.02 Å². The van der Waals surface area contributed by atoms with E-state index in [1.165, 1.54) is 35.8 Å². The van der Waals surface area contributed by atoms with Gasteiger partial charge in [-0.3, -0.25) is 9.36 Å². The quantitative estimate of drug-likeness (QED) is 0.158. The van der Waals surface area contributed by atoms with Crippen LogP contribution in [0.5, 0.6) is 5.75 Å². The van der Waals surface area contributed by atoms with Gasteiger partial charge in [0.25, 0.3) is 0 Å². The van der Waals surface area contributed by atoms with E-state index in [0.29, 0.717) is 40.9 Å². The summed E-state index contributed by atoms with van der Waals surface area (Å²) in [6.45, 7) is 0.691. The van der Waals surface area contributed by atoms with Crippen LogP contribution in [-0.4, -0.2) is 60.2 Å². The predicted molar refractivity (Wildman–Crippen MR) is 137 cm³/mol. The summed E-state index contributed by atoms with van der Waals surface area (Å²) in [7, 11) is 1.42. The minimum Gasteiger partial charge on any atom is -0.488 e. The van der Waals surface area contributed by atoms with Gasteiger partial charge in [0.15, 0.2) is 23.2 Å². The number of carbonyl (C=O) groups excluding carboxylic acids is 1. The Labute approximate surface area is 224 Å². The van der Waals surface area contributed by atoms with E-state index in [2.05, 4.69) is 40.0 Å². The zero-order valence-corrected chi connectivity index (χ0v) is 21.4. The number of nitrogens with one attached hydrogen (secondary N) is 2. The van der Waals surface area contributed by atoms with Crippen LogP contribution in [0, 0.1) is 0 Å². The Morgan fingerprint density at radius 1 is 1.37 bits per heavy atom. The molecule has 4 heterocycles.